The zero-order valence-corrected chi connectivity index (χ0v) is 18.6. The number of amides is 2. The minimum Gasteiger partial charge on any atom is -0.496 e. The third-order valence-corrected chi connectivity index (χ3v) is 5.24. The molecule has 7 nitrogen and oxygen atoms in total. The Bertz CT molecular complexity index is 1000. The molecule has 1 heterocycles. The summed E-state index contributed by atoms with van der Waals surface area (Å²) < 4.78 is 10.7. The van der Waals surface area contributed by atoms with Crippen LogP contribution < -0.4 is 15.4 Å². The number of carbonyl (C=O) groups is 2. The number of benzene rings is 2. The Kier molecular flexibility index (Phi) is 8.05. The van der Waals surface area contributed by atoms with E-state index >= 15 is 0 Å². The van der Waals surface area contributed by atoms with Crippen molar-refractivity contribution in [3.63, 3.8) is 0 Å². The summed E-state index contributed by atoms with van der Waals surface area (Å²) in [7, 11) is 5.52. The highest BCUT2D eigenvalue weighted by Gasteiger charge is 2.25. The summed E-state index contributed by atoms with van der Waals surface area (Å²) in [5.41, 5.74) is 1.92. The number of hydrogen-bond acceptors (Lipinski definition) is 5. The van der Waals surface area contributed by atoms with Gasteiger partial charge in [-0.15, -0.1) is 0 Å². The minimum absolute atomic E-state index is 0.103. The molecule has 1 aromatic heterocycles. The lowest BCUT2D eigenvalue weighted by Gasteiger charge is -2.27. The molecule has 0 aliphatic carbocycles. The van der Waals surface area contributed by atoms with Gasteiger partial charge in [0.2, 0.25) is 5.91 Å². The van der Waals surface area contributed by atoms with E-state index in [9.17, 15) is 9.59 Å². The molecule has 0 saturated heterocycles. The second kappa shape index (κ2) is 11.2. The highest BCUT2D eigenvalue weighted by atomic mass is 16.5. The van der Waals surface area contributed by atoms with E-state index in [1.807, 2.05) is 73.6 Å². The molecule has 0 fully saturated rings. The molecule has 3 rings (SSSR count). The van der Waals surface area contributed by atoms with Crippen molar-refractivity contribution in [3.05, 3.63) is 89.9 Å². The van der Waals surface area contributed by atoms with E-state index in [1.54, 1.807) is 19.2 Å². The lowest BCUT2D eigenvalue weighted by molar-refractivity contribution is -0.123. The molecule has 2 amide bonds. The van der Waals surface area contributed by atoms with Crippen molar-refractivity contribution in [2.24, 2.45) is 0 Å². The molecule has 2 N–H and O–H groups in total. The summed E-state index contributed by atoms with van der Waals surface area (Å²) >= 11 is 0. The molecular weight excluding hydrogens is 406 g/mol. The van der Waals surface area contributed by atoms with Crippen molar-refractivity contribution >= 4 is 11.8 Å². The van der Waals surface area contributed by atoms with Gasteiger partial charge in [-0.3, -0.25) is 9.59 Å². The third kappa shape index (κ3) is 5.98. The number of likely N-dealkylation sites (N-methyl/N-ethyl adjacent to an activating group) is 1. The predicted octanol–water partition coefficient (Wildman–Crippen LogP) is 3.05. The molecule has 2 atom stereocenters. The Hall–Kier alpha value is -3.58. The van der Waals surface area contributed by atoms with Crippen molar-refractivity contribution in [2.45, 2.75) is 18.5 Å². The topological polar surface area (TPSA) is 83.8 Å². The Morgan fingerprint density at radius 3 is 2.38 bits per heavy atom. The molecular formula is C25H29N3O4. The fourth-order valence-electron chi connectivity index (χ4n) is 3.53. The van der Waals surface area contributed by atoms with E-state index in [-0.39, 0.29) is 17.7 Å². The van der Waals surface area contributed by atoms with Gasteiger partial charge in [0.25, 0.3) is 5.91 Å². The SMILES string of the molecule is COc1ccccc1C(CNC(=O)C(Cc1ccccc1)NC(=O)c1ccco1)N(C)C. The number of nitrogens with one attached hydrogen (secondary N) is 2. The molecule has 7 heteroatoms. The molecule has 2 aromatic carbocycles. The Balaban J connectivity index is 1.74. The van der Waals surface area contributed by atoms with E-state index in [0.29, 0.717) is 13.0 Å². The van der Waals surface area contributed by atoms with Crippen LogP contribution in [0.3, 0.4) is 0 Å². The van der Waals surface area contributed by atoms with Gasteiger partial charge in [-0.05, 0) is 37.9 Å². The predicted molar refractivity (Wildman–Crippen MR) is 123 cm³/mol. The number of carbonyl (C=O) groups excluding carboxylic acids is 2. The highest BCUT2D eigenvalue weighted by Crippen LogP contribution is 2.27. The number of rotatable bonds is 10. The van der Waals surface area contributed by atoms with Gasteiger partial charge in [0.1, 0.15) is 11.8 Å². The number of ether oxygens (including phenoxy) is 1. The van der Waals surface area contributed by atoms with Gasteiger partial charge in [0.05, 0.1) is 19.4 Å². The maximum atomic E-state index is 13.2. The van der Waals surface area contributed by atoms with E-state index in [0.717, 1.165) is 16.9 Å². The molecule has 0 radical (unpaired) electrons. The first-order chi connectivity index (χ1) is 15.5. The minimum atomic E-state index is -0.754. The summed E-state index contributed by atoms with van der Waals surface area (Å²) in [5.74, 6) is 0.221. The lowest BCUT2D eigenvalue weighted by Crippen LogP contribution is -2.49. The second-order valence-corrected chi connectivity index (χ2v) is 7.66. The summed E-state index contributed by atoms with van der Waals surface area (Å²) in [6.45, 7) is 0.355. The molecule has 3 aromatic rings. The molecule has 32 heavy (non-hydrogen) atoms. The zero-order valence-electron chi connectivity index (χ0n) is 18.6. The van der Waals surface area contributed by atoms with Crippen molar-refractivity contribution in [1.82, 2.24) is 15.5 Å². The monoisotopic (exact) mass is 435 g/mol. The van der Waals surface area contributed by atoms with Crippen molar-refractivity contribution in [2.75, 3.05) is 27.7 Å². The number of methoxy groups -OCH3 is 1. The first-order valence-corrected chi connectivity index (χ1v) is 10.4. The van der Waals surface area contributed by atoms with Crippen LogP contribution in [0.2, 0.25) is 0 Å². The fraction of sp³-hybridized carbons (Fsp3) is 0.280. The zero-order chi connectivity index (χ0) is 22.9. The number of nitrogens with zero attached hydrogens (tertiary/aromatic N) is 1. The molecule has 0 aliphatic heterocycles. The van der Waals surface area contributed by atoms with Gasteiger partial charge in [0, 0.05) is 18.5 Å². The van der Waals surface area contributed by atoms with Gasteiger partial charge < -0.3 is 24.7 Å². The summed E-state index contributed by atoms with van der Waals surface area (Å²) in [5, 5.41) is 5.80. The smallest absolute Gasteiger partial charge is 0.287 e. The van der Waals surface area contributed by atoms with Crippen molar-refractivity contribution < 1.29 is 18.7 Å². The number of hydrogen-bond donors (Lipinski definition) is 2. The van der Waals surface area contributed by atoms with Gasteiger partial charge in [0.15, 0.2) is 5.76 Å². The van der Waals surface area contributed by atoms with Crippen LogP contribution in [0, 0.1) is 0 Å². The van der Waals surface area contributed by atoms with Crippen LogP contribution in [0.5, 0.6) is 5.75 Å². The third-order valence-electron chi connectivity index (χ3n) is 5.24. The Morgan fingerprint density at radius 2 is 1.72 bits per heavy atom. The highest BCUT2D eigenvalue weighted by molar-refractivity contribution is 5.95. The van der Waals surface area contributed by atoms with E-state index in [2.05, 4.69) is 10.6 Å². The number of furan rings is 1. The van der Waals surface area contributed by atoms with Crippen LogP contribution in [0.1, 0.15) is 27.7 Å². The van der Waals surface area contributed by atoms with Crippen LogP contribution >= 0.6 is 0 Å². The molecule has 0 bridgehead atoms. The standard InChI is InChI=1S/C25H29N3O4/c1-28(2)21(19-12-7-8-13-22(19)31-3)17-26-24(29)20(16-18-10-5-4-6-11-18)27-25(30)23-14-9-15-32-23/h4-15,20-21H,16-17H2,1-3H3,(H,26,29)(H,27,30). The first kappa shape index (κ1) is 23.1. The average molecular weight is 436 g/mol. The van der Waals surface area contributed by atoms with Gasteiger partial charge in [-0.25, -0.2) is 0 Å². The quantitative estimate of drug-likeness (QED) is 0.511. The van der Waals surface area contributed by atoms with Gasteiger partial charge >= 0.3 is 0 Å². The van der Waals surface area contributed by atoms with Gasteiger partial charge in [-0.1, -0.05) is 48.5 Å². The average Bonchev–Trinajstić information content (AvgIpc) is 3.34. The van der Waals surface area contributed by atoms with Crippen LogP contribution in [0.25, 0.3) is 0 Å². The first-order valence-electron chi connectivity index (χ1n) is 10.4. The van der Waals surface area contributed by atoms with E-state index in [1.165, 1.54) is 6.26 Å². The molecule has 0 saturated carbocycles. The largest absolute Gasteiger partial charge is 0.496 e. The summed E-state index contributed by atoms with van der Waals surface area (Å²) in [4.78, 5) is 27.7. The van der Waals surface area contributed by atoms with Crippen LogP contribution in [0.4, 0.5) is 0 Å². The molecule has 168 valence electrons. The Labute approximate surface area is 188 Å². The molecule has 0 spiro atoms. The molecule has 2 unspecified atom stereocenters. The Morgan fingerprint density at radius 1 is 1.00 bits per heavy atom. The van der Waals surface area contributed by atoms with Crippen LogP contribution in [-0.4, -0.2) is 50.5 Å². The summed E-state index contributed by atoms with van der Waals surface area (Å²) in [6.07, 6.45) is 1.79. The van der Waals surface area contributed by atoms with Gasteiger partial charge in [-0.2, -0.15) is 0 Å². The normalized spacial score (nSPS) is 12.8. The van der Waals surface area contributed by atoms with Crippen molar-refractivity contribution in [3.8, 4) is 5.75 Å². The van der Waals surface area contributed by atoms with Crippen LogP contribution in [0.15, 0.2) is 77.4 Å². The fourth-order valence-corrected chi connectivity index (χ4v) is 3.53. The van der Waals surface area contributed by atoms with Crippen molar-refractivity contribution in [1.29, 1.82) is 0 Å². The van der Waals surface area contributed by atoms with Crippen LogP contribution in [-0.2, 0) is 11.2 Å². The molecule has 0 aliphatic rings. The van der Waals surface area contributed by atoms with E-state index in [4.69, 9.17) is 9.15 Å². The lowest BCUT2D eigenvalue weighted by atomic mass is 10.0. The maximum Gasteiger partial charge on any atom is 0.287 e. The maximum absolute atomic E-state index is 13.2. The van der Waals surface area contributed by atoms with E-state index < -0.39 is 11.9 Å². The summed E-state index contributed by atoms with van der Waals surface area (Å²) in [6, 6.07) is 19.7. The number of para-hydroxylation sites is 1. The second-order valence-electron chi connectivity index (χ2n) is 7.66.